The molecule has 1 aromatic heterocycles. The van der Waals surface area contributed by atoms with Gasteiger partial charge in [-0.3, -0.25) is 4.99 Å². The van der Waals surface area contributed by atoms with E-state index in [-0.39, 0.29) is 0 Å². The van der Waals surface area contributed by atoms with Crippen LogP contribution in [-0.4, -0.2) is 11.6 Å². The van der Waals surface area contributed by atoms with Gasteiger partial charge in [0.15, 0.2) is 0 Å². The van der Waals surface area contributed by atoms with Gasteiger partial charge in [0, 0.05) is 24.3 Å². The lowest BCUT2D eigenvalue weighted by molar-refractivity contribution is 0.966. The van der Waals surface area contributed by atoms with Crippen molar-refractivity contribution in [3.05, 3.63) is 30.4 Å². The highest BCUT2D eigenvalue weighted by Gasteiger charge is 1.87. The second kappa shape index (κ2) is 3.44. The summed E-state index contributed by atoms with van der Waals surface area (Å²) in [6.07, 6.45) is 3.56. The molecule has 0 bridgehead atoms. The van der Waals surface area contributed by atoms with Crippen LogP contribution in [0.5, 0.6) is 0 Å². The Hall–Kier alpha value is -0.960. The molecule has 3 heteroatoms. The molecule has 58 valence electrons. The van der Waals surface area contributed by atoms with Crippen molar-refractivity contribution < 1.29 is 0 Å². The van der Waals surface area contributed by atoms with Crippen LogP contribution in [0.3, 0.4) is 0 Å². The number of thiol groups is 1. The fourth-order valence-electron chi connectivity index (χ4n) is 0.834. The molecule has 0 unspecified atom stereocenters. The van der Waals surface area contributed by atoms with Crippen molar-refractivity contribution in [1.29, 1.82) is 0 Å². The highest BCUT2D eigenvalue weighted by atomic mass is 32.1. The van der Waals surface area contributed by atoms with E-state index in [0.29, 0.717) is 0 Å². The molecule has 0 saturated carbocycles. The molecular weight excluding hydrogens is 156 g/mol. The minimum atomic E-state index is 0.873. The average Bonchev–Trinajstić information content (AvgIpc) is 2.04. The number of pyridine rings is 1. The van der Waals surface area contributed by atoms with Crippen LogP contribution in [0.15, 0.2) is 34.8 Å². The summed E-state index contributed by atoms with van der Waals surface area (Å²) < 4.78 is 1.82. The van der Waals surface area contributed by atoms with Gasteiger partial charge in [-0.2, -0.15) is 0 Å². The third-order valence-corrected chi connectivity index (χ3v) is 1.63. The summed E-state index contributed by atoms with van der Waals surface area (Å²) >= 11 is 4.18. The Morgan fingerprint density at radius 1 is 1.64 bits per heavy atom. The Kier molecular flexibility index (Phi) is 2.54. The summed E-state index contributed by atoms with van der Waals surface area (Å²) in [7, 11) is 1.74. The summed E-state index contributed by atoms with van der Waals surface area (Å²) in [5.74, 6) is 0. The van der Waals surface area contributed by atoms with Crippen LogP contribution >= 0.6 is 12.6 Å². The van der Waals surface area contributed by atoms with Crippen LogP contribution in [0.25, 0.3) is 6.20 Å². The van der Waals surface area contributed by atoms with E-state index in [2.05, 4.69) is 24.2 Å². The van der Waals surface area contributed by atoms with Crippen molar-refractivity contribution in [2.24, 2.45) is 4.99 Å². The molecule has 0 spiro atoms. The molecule has 0 fully saturated rings. The highest BCUT2D eigenvalue weighted by molar-refractivity contribution is 7.80. The van der Waals surface area contributed by atoms with Crippen LogP contribution in [0.2, 0.25) is 0 Å². The van der Waals surface area contributed by atoms with E-state index in [4.69, 9.17) is 0 Å². The molecule has 0 atom stereocenters. The number of hydrogen-bond donors (Lipinski definition) is 1. The number of aromatic nitrogens is 1. The zero-order chi connectivity index (χ0) is 8.27. The molecule has 0 aliphatic carbocycles. The van der Waals surface area contributed by atoms with Gasteiger partial charge in [-0.25, -0.2) is 0 Å². The predicted molar refractivity (Wildman–Crippen MR) is 49.6 cm³/mol. The quantitative estimate of drug-likeness (QED) is 0.608. The fraction of sp³-hybridized carbons (Fsp3) is 0.125. The van der Waals surface area contributed by atoms with Crippen molar-refractivity contribution in [3.63, 3.8) is 0 Å². The third-order valence-electron chi connectivity index (χ3n) is 1.36. The smallest absolute Gasteiger partial charge is 0.131 e. The highest BCUT2D eigenvalue weighted by Crippen LogP contribution is 1.99. The van der Waals surface area contributed by atoms with Crippen LogP contribution in [0.4, 0.5) is 0 Å². The van der Waals surface area contributed by atoms with Crippen molar-refractivity contribution in [2.45, 2.75) is 4.90 Å². The van der Waals surface area contributed by atoms with E-state index < -0.39 is 0 Å². The molecule has 0 N–H and O–H groups in total. The lowest BCUT2D eigenvalue weighted by Crippen LogP contribution is -2.14. The molecule has 1 heterocycles. The normalized spacial score (nSPS) is 11.6. The molecule has 0 aliphatic rings. The Morgan fingerprint density at radius 3 is 2.91 bits per heavy atom. The number of rotatable bonds is 1. The lowest BCUT2D eigenvalue weighted by atomic mass is 10.5. The summed E-state index contributed by atoms with van der Waals surface area (Å²) in [6, 6.07) is 3.79. The SMILES string of the molecule is C=Cn1cc(S)cc/c1=N/C. The van der Waals surface area contributed by atoms with Gasteiger partial charge in [-0.05, 0) is 12.1 Å². The van der Waals surface area contributed by atoms with Gasteiger partial charge < -0.3 is 4.57 Å². The second-order valence-electron chi connectivity index (χ2n) is 2.06. The minimum Gasteiger partial charge on any atom is -0.308 e. The van der Waals surface area contributed by atoms with Crippen LogP contribution in [0, 0.1) is 0 Å². The van der Waals surface area contributed by atoms with Crippen molar-refractivity contribution in [2.75, 3.05) is 7.05 Å². The van der Waals surface area contributed by atoms with Crippen LogP contribution in [0.1, 0.15) is 0 Å². The molecule has 0 aromatic carbocycles. The minimum absolute atomic E-state index is 0.873. The van der Waals surface area contributed by atoms with Gasteiger partial charge in [0.1, 0.15) is 5.49 Å². The Morgan fingerprint density at radius 2 is 2.36 bits per heavy atom. The van der Waals surface area contributed by atoms with Crippen LogP contribution in [-0.2, 0) is 0 Å². The molecule has 1 rings (SSSR count). The number of hydrogen-bond acceptors (Lipinski definition) is 2. The maximum Gasteiger partial charge on any atom is 0.131 e. The van der Waals surface area contributed by atoms with Gasteiger partial charge >= 0.3 is 0 Å². The molecular formula is C8H10N2S. The maximum absolute atomic E-state index is 4.18. The zero-order valence-corrected chi connectivity index (χ0v) is 7.25. The average molecular weight is 166 g/mol. The standard InChI is InChI=1S/C8H10N2S/c1-3-10-6-7(11)4-5-8(10)9-2/h3-6,11H,1H2,2H3/b9-8-. The Balaban J connectivity index is 3.40. The molecule has 0 amide bonds. The summed E-state index contributed by atoms with van der Waals surface area (Å²) in [4.78, 5) is 4.94. The van der Waals surface area contributed by atoms with Gasteiger partial charge in [0.25, 0.3) is 0 Å². The first kappa shape index (κ1) is 8.14. The molecule has 0 radical (unpaired) electrons. The van der Waals surface area contributed by atoms with E-state index >= 15 is 0 Å². The molecule has 1 aromatic rings. The van der Waals surface area contributed by atoms with Crippen molar-refractivity contribution in [3.8, 4) is 0 Å². The second-order valence-corrected chi connectivity index (χ2v) is 2.58. The van der Waals surface area contributed by atoms with E-state index in [0.717, 1.165) is 10.4 Å². The predicted octanol–water partition coefficient (Wildman–Crippen LogP) is 1.41. The van der Waals surface area contributed by atoms with E-state index in [9.17, 15) is 0 Å². The van der Waals surface area contributed by atoms with Crippen molar-refractivity contribution in [1.82, 2.24) is 4.57 Å². The summed E-state index contributed by atoms with van der Waals surface area (Å²) in [6.45, 7) is 3.65. The van der Waals surface area contributed by atoms with Gasteiger partial charge in [0.2, 0.25) is 0 Å². The maximum atomic E-state index is 4.18. The van der Waals surface area contributed by atoms with Crippen molar-refractivity contribution >= 4 is 18.8 Å². The lowest BCUT2D eigenvalue weighted by Gasteiger charge is -1.99. The molecule has 0 saturated heterocycles. The van der Waals surface area contributed by atoms with E-state index in [1.54, 1.807) is 13.2 Å². The van der Waals surface area contributed by atoms with Gasteiger partial charge in [-0.1, -0.05) is 6.58 Å². The third kappa shape index (κ3) is 1.74. The zero-order valence-electron chi connectivity index (χ0n) is 6.36. The molecule has 11 heavy (non-hydrogen) atoms. The van der Waals surface area contributed by atoms with E-state index in [1.807, 2.05) is 22.9 Å². The van der Waals surface area contributed by atoms with Gasteiger partial charge in [0.05, 0.1) is 0 Å². The summed E-state index contributed by atoms with van der Waals surface area (Å²) in [5, 5.41) is 0. The fourth-order valence-corrected chi connectivity index (χ4v) is 1.03. The molecule has 2 nitrogen and oxygen atoms in total. The number of nitrogens with zero attached hydrogens (tertiary/aromatic N) is 2. The first-order valence-corrected chi connectivity index (χ1v) is 3.69. The van der Waals surface area contributed by atoms with Gasteiger partial charge in [-0.15, -0.1) is 12.6 Å². The molecule has 0 aliphatic heterocycles. The first-order valence-electron chi connectivity index (χ1n) is 3.24. The first-order chi connectivity index (χ1) is 5.27. The largest absolute Gasteiger partial charge is 0.308 e. The topological polar surface area (TPSA) is 17.3 Å². The Bertz CT molecular complexity index is 325. The monoisotopic (exact) mass is 166 g/mol. The van der Waals surface area contributed by atoms with Crippen LogP contribution < -0.4 is 5.49 Å². The Labute approximate surface area is 71.3 Å². The van der Waals surface area contributed by atoms with E-state index in [1.165, 1.54) is 0 Å². The summed E-state index contributed by atoms with van der Waals surface area (Å²) in [5.41, 5.74) is 0.873.